The average Bonchev–Trinajstić information content (AvgIpc) is 2.22. The highest BCUT2D eigenvalue weighted by molar-refractivity contribution is 5.85. The number of carbonyl (C=O) groups excluding carboxylic acids is 1. The van der Waals surface area contributed by atoms with Crippen molar-refractivity contribution < 1.29 is 4.79 Å². The van der Waals surface area contributed by atoms with E-state index in [9.17, 15) is 4.79 Å². The molecule has 0 aliphatic rings. The smallest absolute Gasteiger partial charge is 0.152 e. The summed E-state index contributed by atoms with van der Waals surface area (Å²) >= 11 is 0. The summed E-state index contributed by atoms with van der Waals surface area (Å²) in [5, 5.41) is 6.50. The summed E-state index contributed by atoms with van der Waals surface area (Å²) < 4.78 is 0. The minimum Gasteiger partial charge on any atom is -0.315 e. The standard InChI is InChI=1S/C13H28N2O/c1-10(2)13(16)12(14-5)8-6-7-9-15-11(3)4/h10-12,14-15H,6-9H2,1-5H3. The molecule has 0 aromatic rings. The van der Waals surface area contributed by atoms with Crippen LogP contribution in [-0.4, -0.2) is 31.5 Å². The third-order valence-electron chi connectivity index (χ3n) is 2.73. The van der Waals surface area contributed by atoms with Gasteiger partial charge in [-0.15, -0.1) is 0 Å². The Morgan fingerprint density at radius 2 is 1.75 bits per heavy atom. The van der Waals surface area contributed by atoms with Crippen molar-refractivity contribution in [2.24, 2.45) is 5.92 Å². The van der Waals surface area contributed by atoms with Crippen LogP contribution in [0.25, 0.3) is 0 Å². The Morgan fingerprint density at radius 3 is 2.19 bits per heavy atom. The van der Waals surface area contributed by atoms with Crippen molar-refractivity contribution in [2.45, 2.75) is 59.0 Å². The van der Waals surface area contributed by atoms with E-state index in [1.807, 2.05) is 20.9 Å². The number of hydrogen-bond acceptors (Lipinski definition) is 3. The molecule has 0 aromatic carbocycles. The van der Waals surface area contributed by atoms with Crippen LogP contribution in [0.1, 0.15) is 47.0 Å². The first kappa shape index (κ1) is 15.6. The lowest BCUT2D eigenvalue weighted by molar-refractivity contribution is -0.124. The molecule has 1 unspecified atom stereocenters. The van der Waals surface area contributed by atoms with Gasteiger partial charge in [-0.1, -0.05) is 34.1 Å². The van der Waals surface area contributed by atoms with Crippen molar-refractivity contribution in [1.29, 1.82) is 0 Å². The molecule has 0 saturated heterocycles. The predicted octanol–water partition coefficient (Wildman–Crippen LogP) is 1.97. The van der Waals surface area contributed by atoms with Gasteiger partial charge in [0.2, 0.25) is 0 Å². The summed E-state index contributed by atoms with van der Waals surface area (Å²) in [5.41, 5.74) is 0. The fourth-order valence-electron chi connectivity index (χ4n) is 1.70. The molecular formula is C13H28N2O. The van der Waals surface area contributed by atoms with E-state index in [1.54, 1.807) is 0 Å². The topological polar surface area (TPSA) is 41.1 Å². The van der Waals surface area contributed by atoms with Crippen molar-refractivity contribution in [2.75, 3.05) is 13.6 Å². The molecule has 0 spiro atoms. The normalized spacial score (nSPS) is 13.4. The number of hydrogen-bond donors (Lipinski definition) is 2. The fraction of sp³-hybridized carbons (Fsp3) is 0.923. The minimum atomic E-state index is 0.0408. The van der Waals surface area contributed by atoms with E-state index in [0.717, 1.165) is 25.8 Å². The maximum absolute atomic E-state index is 11.8. The highest BCUT2D eigenvalue weighted by atomic mass is 16.1. The SMILES string of the molecule is CNC(CCCCNC(C)C)C(=O)C(C)C. The highest BCUT2D eigenvalue weighted by Crippen LogP contribution is 2.07. The number of unbranched alkanes of at least 4 members (excludes halogenated alkanes) is 1. The number of nitrogens with one attached hydrogen (secondary N) is 2. The number of ketones is 1. The van der Waals surface area contributed by atoms with E-state index < -0.39 is 0 Å². The summed E-state index contributed by atoms with van der Waals surface area (Å²) in [5.74, 6) is 0.463. The van der Waals surface area contributed by atoms with Gasteiger partial charge >= 0.3 is 0 Å². The molecule has 0 aromatic heterocycles. The van der Waals surface area contributed by atoms with Gasteiger partial charge in [0.05, 0.1) is 6.04 Å². The molecule has 0 aliphatic heterocycles. The zero-order valence-electron chi connectivity index (χ0n) is 11.5. The summed E-state index contributed by atoms with van der Waals surface area (Å²) in [4.78, 5) is 11.8. The van der Waals surface area contributed by atoms with Crippen LogP contribution in [-0.2, 0) is 4.79 Å². The Morgan fingerprint density at radius 1 is 1.12 bits per heavy atom. The molecule has 3 nitrogen and oxygen atoms in total. The Hall–Kier alpha value is -0.410. The fourth-order valence-corrected chi connectivity index (χ4v) is 1.70. The van der Waals surface area contributed by atoms with E-state index in [1.165, 1.54) is 0 Å². The minimum absolute atomic E-state index is 0.0408. The molecule has 16 heavy (non-hydrogen) atoms. The van der Waals surface area contributed by atoms with E-state index in [4.69, 9.17) is 0 Å². The van der Waals surface area contributed by atoms with Gasteiger partial charge in [0.1, 0.15) is 0 Å². The molecule has 0 heterocycles. The quantitative estimate of drug-likeness (QED) is 0.593. The summed E-state index contributed by atoms with van der Waals surface area (Å²) in [6, 6.07) is 0.594. The molecule has 0 rings (SSSR count). The first-order valence-corrected chi connectivity index (χ1v) is 6.43. The molecular weight excluding hydrogens is 200 g/mol. The molecule has 1 atom stereocenters. The third kappa shape index (κ3) is 6.96. The zero-order chi connectivity index (χ0) is 12.6. The zero-order valence-corrected chi connectivity index (χ0v) is 11.5. The van der Waals surface area contributed by atoms with Crippen LogP contribution in [0.15, 0.2) is 0 Å². The first-order chi connectivity index (χ1) is 7.49. The second kappa shape index (κ2) is 8.71. The van der Waals surface area contributed by atoms with E-state index in [-0.39, 0.29) is 12.0 Å². The number of rotatable bonds is 9. The second-order valence-corrected chi connectivity index (χ2v) is 5.00. The van der Waals surface area contributed by atoms with E-state index in [0.29, 0.717) is 11.8 Å². The highest BCUT2D eigenvalue weighted by Gasteiger charge is 2.18. The summed E-state index contributed by atoms with van der Waals surface area (Å²) in [6.07, 6.45) is 3.19. The van der Waals surface area contributed by atoms with Crippen LogP contribution in [0.3, 0.4) is 0 Å². The first-order valence-electron chi connectivity index (χ1n) is 6.43. The van der Waals surface area contributed by atoms with Crippen molar-refractivity contribution >= 4 is 5.78 Å². The monoisotopic (exact) mass is 228 g/mol. The average molecular weight is 228 g/mol. The maximum atomic E-state index is 11.8. The van der Waals surface area contributed by atoms with Gasteiger partial charge in [-0.3, -0.25) is 4.79 Å². The van der Waals surface area contributed by atoms with Crippen LogP contribution < -0.4 is 10.6 Å². The van der Waals surface area contributed by atoms with Gasteiger partial charge < -0.3 is 10.6 Å². The Bertz CT molecular complexity index is 190. The molecule has 0 fully saturated rings. The number of likely N-dealkylation sites (N-methyl/N-ethyl adjacent to an activating group) is 1. The Kier molecular flexibility index (Phi) is 8.49. The van der Waals surface area contributed by atoms with Gasteiger partial charge in [-0.05, 0) is 26.4 Å². The molecule has 0 radical (unpaired) electrons. The van der Waals surface area contributed by atoms with Crippen molar-refractivity contribution in [3.05, 3.63) is 0 Å². The van der Waals surface area contributed by atoms with Gasteiger partial charge in [-0.2, -0.15) is 0 Å². The van der Waals surface area contributed by atoms with Gasteiger partial charge in [0.25, 0.3) is 0 Å². The van der Waals surface area contributed by atoms with Crippen molar-refractivity contribution in [3.8, 4) is 0 Å². The molecule has 0 amide bonds. The van der Waals surface area contributed by atoms with Crippen molar-refractivity contribution in [3.63, 3.8) is 0 Å². The Balaban J connectivity index is 3.67. The second-order valence-electron chi connectivity index (χ2n) is 5.00. The summed E-state index contributed by atoms with van der Waals surface area (Å²) in [7, 11) is 1.87. The molecule has 0 bridgehead atoms. The van der Waals surface area contributed by atoms with Gasteiger partial charge in [0, 0.05) is 12.0 Å². The van der Waals surface area contributed by atoms with Crippen LogP contribution >= 0.6 is 0 Å². The predicted molar refractivity (Wildman–Crippen MR) is 69.7 cm³/mol. The van der Waals surface area contributed by atoms with Crippen molar-refractivity contribution in [1.82, 2.24) is 10.6 Å². The van der Waals surface area contributed by atoms with Crippen LogP contribution in [0, 0.1) is 5.92 Å². The molecule has 0 saturated carbocycles. The molecule has 2 N–H and O–H groups in total. The van der Waals surface area contributed by atoms with Gasteiger partial charge in [-0.25, -0.2) is 0 Å². The van der Waals surface area contributed by atoms with Gasteiger partial charge in [0.15, 0.2) is 5.78 Å². The summed E-state index contributed by atoms with van der Waals surface area (Å²) in [6.45, 7) is 9.28. The van der Waals surface area contributed by atoms with Crippen LogP contribution in [0.2, 0.25) is 0 Å². The van der Waals surface area contributed by atoms with Crippen LogP contribution in [0.4, 0.5) is 0 Å². The maximum Gasteiger partial charge on any atom is 0.152 e. The number of carbonyl (C=O) groups is 1. The lowest BCUT2D eigenvalue weighted by Crippen LogP contribution is -2.36. The largest absolute Gasteiger partial charge is 0.315 e. The molecule has 96 valence electrons. The lowest BCUT2D eigenvalue weighted by atomic mass is 9.97. The lowest BCUT2D eigenvalue weighted by Gasteiger charge is -2.17. The van der Waals surface area contributed by atoms with Crippen LogP contribution in [0.5, 0.6) is 0 Å². The number of Topliss-reactive ketones (excluding diaryl/α,β-unsaturated/α-hetero) is 1. The van der Waals surface area contributed by atoms with E-state index >= 15 is 0 Å². The Labute approximate surface area is 100 Å². The molecule has 3 heteroatoms. The third-order valence-corrected chi connectivity index (χ3v) is 2.73. The molecule has 0 aliphatic carbocycles. The van der Waals surface area contributed by atoms with E-state index in [2.05, 4.69) is 24.5 Å².